The van der Waals surface area contributed by atoms with Crippen molar-refractivity contribution in [3.63, 3.8) is 0 Å². The molecule has 2 aromatic carbocycles. The van der Waals surface area contributed by atoms with E-state index < -0.39 is 0 Å². The molecule has 2 aromatic heterocycles. The van der Waals surface area contributed by atoms with Gasteiger partial charge in [-0.05, 0) is 35.9 Å². The summed E-state index contributed by atoms with van der Waals surface area (Å²) < 4.78 is 6.44. The van der Waals surface area contributed by atoms with Gasteiger partial charge in [0.05, 0.1) is 19.3 Å². The van der Waals surface area contributed by atoms with Crippen LogP contribution in [0.3, 0.4) is 0 Å². The molecule has 4 aromatic rings. The minimum Gasteiger partial charge on any atom is -0.497 e. The van der Waals surface area contributed by atoms with Gasteiger partial charge in [0.25, 0.3) is 11.3 Å². The van der Waals surface area contributed by atoms with E-state index in [9.17, 15) is 4.79 Å². The molecule has 0 amide bonds. The number of methoxy groups -OCH3 is 1. The van der Waals surface area contributed by atoms with Gasteiger partial charge in [-0.2, -0.15) is 9.50 Å². The number of nitrogens with zero attached hydrogens (tertiary/aromatic N) is 3. The fraction of sp³-hybridized carbons (Fsp3) is 0.150. The first-order valence-electron chi connectivity index (χ1n) is 8.96. The lowest BCUT2D eigenvalue weighted by Gasteiger charge is -2.06. The zero-order chi connectivity index (χ0) is 20.2. The normalized spacial score (nSPS) is 10.8. The highest BCUT2D eigenvalue weighted by molar-refractivity contribution is 6.31. The fourth-order valence-electron chi connectivity index (χ4n) is 2.82. The molecular formula is C20H19ClN6O2. The first kappa shape index (κ1) is 18.8. The van der Waals surface area contributed by atoms with Gasteiger partial charge in [-0.1, -0.05) is 29.8 Å². The zero-order valence-electron chi connectivity index (χ0n) is 15.6. The average Bonchev–Trinajstić information content (AvgIpc) is 3.16. The molecular weight excluding hydrogens is 392 g/mol. The van der Waals surface area contributed by atoms with Crippen molar-refractivity contribution in [3.05, 3.63) is 81.2 Å². The molecule has 0 aliphatic rings. The smallest absolute Gasteiger partial charge is 0.274 e. The number of rotatable bonds is 7. The second-order valence-electron chi connectivity index (χ2n) is 6.32. The Balaban J connectivity index is 1.47. The van der Waals surface area contributed by atoms with Gasteiger partial charge in [0.15, 0.2) is 0 Å². The molecule has 0 fully saturated rings. The molecule has 0 aliphatic carbocycles. The van der Waals surface area contributed by atoms with E-state index in [0.717, 1.165) is 17.0 Å². The molecule has 0 unspecified atom stereocenters. The molecule has 29 heavy (non-hydrogen) atoms. The summed E-state index contributed by atoms with van der Waals surface area (Å²) in [6, 6.07) is 16.5. The van der Waals surface area contributed by atoms with Crippen LogP contribution in [0.2, 0.25) is 5.02 Å². The molecule has 0 saturated heterocycles. The van der Waals surface area contributed by atoms with Gasteiger partial charge in [0.1, 0.15) is 5.75 Å². The van der Waals surface area contributed by atoms with Crippen LogP contribution in [0.1, 0.15) is 11.3 Å². The Labute approximate surface area is 171 Å². The van der Waals surface area contributed by atoms with Gasteiger partial charge in [0.2, 0.25) is 5.95 Å². The molecule has 0 atom stereocenters. The standard InChI is InChI=1S/C20H19ClN6O2/c1-29-16-8-6-14(7-9-16)22-12-15-10-18(28)27-20(24-15)25-19(26-27)23-11-13-4-2-3-5-17(13)21/h2-10,22H,11-12H2,1H3,(H2,23,24,25,26). The van der Waals surface area contributed by atoms with Gasteiger partial charge in [-0.3, -0.25) is 9.89 Å². The second-order valence-corrected chi connectivity index (χ2v) is 6.73. The highest BCUT2D eigenvalue weighted by Gasteiger charge is 2.09. The minimum atomic E-state index is -0.236. The maximum Gasteiger partial charge on any atom is 0.274 e. The molecule has 8 nitrogen and oxygen atoms in total. The highest BCUT2D eigenvalue weighted by atomic mass is 35.5. The van der Waals surface area contributed by atoms with Crippen molar-refractivity contribution in [2.24, 2.45) is 0 Å². The molecule has 0 aliphatic heterocycles. The van der Waals surface area contributed by atoms with Crippen molar-refractivity contribution in [2.75, 3.05) is 17.7 Å². The molecule has 0 spiro atoms. The lowest BCUT2D eigenvalue weighted by molar-refractivity contribution is 0.415. The first-order valence-corrected chi connectivity index (χ1v) is 9.34. The number of anilines is 2. The Bertz CT molecular complexity index is 1190. The highest BCUT2D eigenvalue weighted by Crippen LogP contribution is 2.17. The molecule has 148 valence electrons. The van der Waals surface area contributed by atoms with Crippen LogP contribution in [-0.4, -0.2) is 26.7 Å². The molecule has 3 N–H and O–H groups in total. The van der Waals surface area contributed by atoms with Crippen molar-refractivity contribution >= 4 is 29.0 Å². The van der Waals surface area contributed by atoms with Gasteiger partial charge in [0, 0.05) is 23.3 Å². The average molecular weight is 411 g/mol. The van der Waals surface area contributed by atoms with E-state index in [1.165, 1.54) is 10.6 Å². The summed E-state index contributed by atoms with van der Waals surface area (Å²) in [5.74, 6) is 1.52. The Hall–Kier alpha value is -3.52. The number of H-pyrrole nitrogens is 1. The van der Waals surface area contributed by atoms with E-state index in [-0.39, 0.29) is 5.56 Å². The fourth-order valence-corrected chi connectivity index (χ4v) is 3.02. The predicted octanol–water partition coefficient (Wildman–Crippen LogP) is 3.30. The lowest BCUT2D eigenvalue weighted by Crippen LogP contribution is -2.17. The number of ether oxygens (including phenoxy) is 1. The second kappa shape index (κ2) is 8.24. The summed E-state index contributed by atoms with van der Waals surface area (Å²) in [6.45, 7) is 0.868. The topological polar surface area (TPSA) is 96.3 Å². The quantitative estimate of drug-likeness (QED) is 0.432. The van der Waals surface area contributed by atoms with Crippen LogP contribution in [-0.2, 0) is 13.1 Å². The van der Waals surface area contributed by atoms with Gasteiger partial charge in [-0.25, -0.2) is 4.98 Å². The predicted molar refractivity (Wildman–Crippen MR) is 113 cm³/mol. The minimum absolute atomic E-state index is 0.236. The summed E-state index contributed by atoms with van der Waals surface area (Å²) >= 11 is 6.17. The van der Waals surface area contributed by atoms with Gasteiger partial charge < -0.3 is 15.4 Å². The van der Waals surface area contributed by atoms with Crippen LogP contribution in [0.4, 0.5) is 11.6 Å². The Morgan fingerprint density at radius 2 is 1.86 bits per heavy atom. The van der Waals surface area contributed by atoms with Crippen molar-refractivity contribution < 1.29 is 4.74 Å². The molecule has 0 radical (unpaired) electrons. The summed E-state index contributed by atoms with van der Waals surface area (Å²) in [4.78, 5) is 21.2. The number of hydrogen-bond donors (Lipinski definition) is 3. The number of hydrogen-bond acceptors (Lipinski definition) is 6. The largest absolute Gasteiger partial charge is 0.497 e. The molecule has 2 heterocycles. The zero-order valence-corrected chi connectivity index (χ0v) is 16.4. The van der Waals surface area contributed by atoms with Gasteiger partial charge >= 0.3 is 0 Å². The van der Waals surface area contributed by atoms with Gasteiger partial charge in [-0.15, -0.1) is 0 Å². The number of nitrogens with one attached hydrogen (secondary N) is 3. The van der Waals surface area contributed by atoms with Crippen molar-refractivity contribution in [1.82, 2.24) is 19.6 Å². The van der Waals surface area contributed by atoms with E-state index in [1.807, 2.05) is 48.5 Å². The van der Waals surface area contributed by atoms with Crippen LogP contribution < -0.4 is 20.9 Å². The Morgan fingerprint density at radius 1 is 1.07 bits per heavy atom. The molecule has 0 saturated carbocycles. The number of halogens is 1. The number of benzene rings is 2. The van der Waals surface area contributed by atoms with E-state index in [0.29, 0.717) is 35.5 Å². The third-order valence-corrected chi connectivity index (χ3v) is 4.72. The van der Waals surface area contributed by atoms with Crippen molar-refractivity contribution in [2.45, 2.75) is 13.1 Å². The molecule has 4 rings (SSSR count). The summed E-state index contributed by atoms with van der Waals surface area (Å²) in [5, 5.41) is 9.93. The lowest BCUT2D eigenvalue weighted by atomic mass is 10.2. The maximum absolute atomic E-state index is 12.4. The van der Waals surface area contributed by atoms with Crippen LogP contribution in [0.25, 0.3) is 5.78 Å². The number of aromatic nitrogens is 4. The van der Waals surface area contributed by atoms with Crippen molar-refractivity contribution in [3.8, 4) is 5.75 Å². The van der Waals surface area contributed by atoms with E-state index >= 15 is 0 Å². The number of aromatic amines is 1. The number of fused-ring (bicyclic) bond motifs is 1. The summed E-state index contributed by atoms with van der Waals surface area (Å²) in [5.41, 5.74) is 2.19. The third kappa shape index (κ3) is 4.33. The Morgan fingerprint density at radius 3 is 2.62 bits per heavy atom. The molecule has 9 heteroatoms. The van der Waals surface area contributed by atoms with Crippen molar-refractivity contribution in [1.29, 1.82) is 0 Å². The Kier molecular flexibility index (Phi) is 5.35. The summed E-state index contributed by atoms with van der Waals surface area (Å²) in [7, 11) is 1.62. The maximum atomic E-state index is 12.4. The monoisotopic (exact) mass is 410 g/mol. The van der Waals surface area contributed by atoms with Crippen LogP contribution in [0.5, 0.6) is 5.75 Å². The van der Waals surface area contributed by atoms with E-state index in [1.54, 1.807) is 7.11 Å². The van der Waals surface area contributed by atoms with Crippen LogP contribution in [0.15, 0.2) is 59.4 Å². The first-order chi connectivity index (χ1) is 14.1. The van der Waals surface area contributed by atoms with E-state index in [4.69, 9.17) is 16.3 Å². The van der Waals surface area contributed by atoms with E-state index in [2.05, 4.69) is 25.7 Å². The molecule has 0 bridgehead atoms. The van der Waals surface area contributed by atoms with Crippen LogP contribution in [0, 0.1) is 0 Å². The summed E-state index contributed by atoms with van der Waals surface area (Å²) in [6.07, 6.45) is 0. The van der Waals surface area contributed by atoms with Crippen LogP contribution >= 0.6 is 11.6 Å². The SMILES string of the molecule is COc1ccc(NCc2cc(=O)n3[nH]c(NCc4ccccc4Cl)nc3n2)cc1. The third-order valence-electron chi connectivity index (χ3n) is 4.35.